The first kappa shape index (κ1) is 20.0. The Morgan fingerprint density at radius 2 is 1.77 bits per heavy atom. The highest BCUT2D eigenvalue weighted by atomic mass is 35.5. The minimum Gasteiger partial charge on any atom is -0.318 e. The van der Waals surface area contributed by atoms with Crippen LogP contribution in [-0.4, -0.2) is 25.3 Å². The van der Waals surface area contributed by atoms with Gasteiger partial charge < -0.3 is 9.72 Å². The number of aryl methyl sites for hydroxylation is 1. The van der Waals surface area contributed by atoms with Crippen molar-refractivity contribution < 1.29 is 9.18 Å². The Hall–Kier alpha value is -3.32. The molecular weight excluding hydrogens is 405 g/mol. The summed E-state index contributed by atoms with van der Waals surface area (Å²) >= 11 is 0. The molecule has 0 bridgehead atoms. The number of rotatable bonds is 4. The van der Waals surface area contributed by atoms with Gasteiger partial charge in [-0.3, -0.25) is 4.79 Å². The fourth-order valence-electron chi connectivity index (χ4n) is 3.42. The fraction of sp³-hybridized carbons (Fsp3) is 0.182. The Bertz CT molecular complexity index is 1220. The summed E-state index contributed by atoms with van der Waals surface area (Å²) in [5, 5.41) is 2.84. The monoisotopic (exact) mass is 423 g/mol. The highest BCUT2D eigenvalue weighted by molar-refractivity contribution is 6.01. The highest BCUT2D eigenvalue weighted by Crippen LogP contribution is 2.41. The fourth-order valence-corrected chi connectivity index (χ4v) is 3.42. The van der Waals surface area contributed by atoms with E-state index < -0.39 is 5.91 Å². The van der Waals surface area contributed by atoms with Gasteiger partial charge in [0.2, 0.25) is 5.82 Å². The summed E-state index contributed by atoms with van der Waals surface area (Å²) < 4.78 is 15.1. The number of hydrogen-bond donors (Lipinski definition) is 1. The van der Waals surface area contributed by atoms with Crippen molar-refractivity contribution in [3.05, 3.63) is 78.0 Å². The molecule has 1 aromatic carbocycles. The maximum absolute atomic E-state index is 13.1. The summed E-state index contributed by atoms with van der Waals surface area (Å²) in [6, 6.07) is 9.76. The van der Waals surface area contributed by atoms with Gasteiger partial charge in [-0.2, -0.15) is 0 Å². The van der Waals surface area contributed by atoms with Crippen LogP contribution in [-0.2, 0) is 0 Å². The van der Waals surface area contributed by atoms with Crippen molar-refractivity contribution in [3.8, 4) is 11.1 Å². The zero-order valence-corrected chi connectivity index (χ0v) is 17.0. The molecule has 1 fully saturated rings. The smallest absolute Gasteiger partial charge is 0.293 e. The van der Waals surface area contributed by atoms with Crippen LogP contribution in [0.5, 0.6) is 0 Å². The van der Waals surface area contributed by atoms with Crippen molar-refractivity contribution in [2.45, 2.75) is 25.7 Å². The molecule has 0 unspecified atom stereocenters. The van der Waals surface area contributed by atoms with Crippen molar-refractivity contribution in [1.29, 1.82) is 0 Å². The van der Waals surface area contributed by atoms with Gasteiger partial charge in [0, 0.05) is 35.8 Å². The molecule has 0 radical (unpaired) electrons. The van der Waals surface area contributed by atoms with Crippen molar-refractivity contribution in [2.24, 2.45) is 0 Å². The molecule has 1 N–H and O–H groups in total. The maximum Gasteiger partial charge on any atom is 0.293 e. The number of carbonyl (C=O) groups is 1. The number of halogens is 2. The van der Waals surface area contributed by atoms with Crippen molar-refractivity contribution in [3.63, 3.8) is 0 Å². The number of nitrogens with one attached hydrogen (secondary N) is 1. The molecule has 1 aliphatic rings. The zero-order valence-electron chi connectivity index (χ0n) is 16.2. The lowest BCUT2D eigenvalue weighted by atomic mass is 10.1. The van der Waals surface area contributed by atoms with Gasteiger partial charge in [0.25, 0.3) is 5.91 Å². The molecule has 0 spiro atoms. The van der Waals surface area contributed by atoms with Crippen molar-refractivity contribution in [2.75, 3.05) is 5.32 Å². The number of amides is 1. The largest absolute Gasteiger partial charge is 0.318 e. The van der Waals surface area contributed by atoms with Crippen LogP contribution in [0.3, 0.4) is 0 Å². The molecule has 0 atom stereocenters. The van der Waals surface area contributed by atoms with Gasteiger partial charge in [-0.25, -0.2) is 19.3 Å². The molecule has 1 saturated carbocycles. The lowest BCUT2D eigenvalue weighted by Gasteiger charge is -2.06. The molecule has 4 aromatic rings. The molecule has 152 valence electrons. The van der Waals surface area contributed by atoms with Crippen LogP contribution in [0.1, 0.15) is 40.8 Å². The second kappa shape index (κ2) is 7.84. The Morgan fingerprint density at radius 3 is 2.43 bits per heavy atom. The first-order valence-electron chi connectivity index (χ1n) is 9.46. The third-order valence-electron chi connectivity index (χ3n) is 5.15. The topological polar surface area (TPSA) is 72.2 Å². The van der Waals surface area contributed by atoms with E-state index in [4.69, 9.17) is 4.98 Å². The van der Waals surface area contributed by atoms with Crippen LogP contribution in [0, 0.1) is 12.7 Å². The molecule has 1 amide bonds. The predicted octanol–water partition coefficient (Wildman–Crippen LogP) is 4.79. The van der Waals surface area contributed by atoms with Gasteiger partial charge in [0.05, 0.1) is 11.4 Å². The standard InChI is InChI=1S/C22H18FN5O.ClH/c1-13-20(15-2-3-15)27-19-9-8-18(12-28(13)19)26-22(29)21-24-10-16(11-25-21)14-4-6-17(23)7-5-14;/h4-12,15H,2-3H2,1H3,(H,26,29);1H. The normalized spacial score (nSPS) is 13.1. The minimum atomic E-state index is -0.393. The van der Waals surface area contributed by atoms with E-state index in [2.05, 4.69) is 22.2 Å². The summed E-state index contributed by atoms with van der Waals surface area (Å²) in [5.41, 5.74) is 5.28. The van der Waals surface area contributed by atoms with E-state index in [1.807, 2.05) is 22.7 Å². The number of pyridine rings is 1. The van der Waals surface area contributed by atoms with E-state index >= 15 is 0 Å². The number of hydrogen-bond acceptors (Lipinski definition) is 4. The maximum atomic E-state index is 13.1. The first-order valence-corrected chi connectivity index (χ1v) is 9.46. The summed E-state index contributed by atoms with van der Waals surface area (Å²) in [4.78, 5) is 25.5. The molecule has 3 aromatic heterocycles. The molecule has 1 aliphatic carbocycles. The molecule has 6 nitrogen and oxygen atoms in total. The Morgan fingerprint density at radius 1 is 1.07 bits per heavy atom. The predicted molar refractivity (Wildman–Crippen MR) is 115 cm³/mol. The van der Waals surface area contributed by atoms with Gasteiger partial charge in [0.1, 0.15) is 11.5 Å². The average Bonchev–Trinajstić information content (AvgIpc) is 3.53. The average molecular weight is 424 g/mol. The lowest BCUT2D eigenvalue weighted by Crippen LogP contribution is -2.15. The summed E-state index contributed by atoms with van der Waals surface area (Å²) in [5.74, 6) is -0.0619. The number of fused-ring (bicyclic) bond motifs is 1. The third kappa shape index (κ3) is 3.76. The Kier molecular flexibility index (Phi) is 5.22. The van der Waals surface area contributed by atoms with Crippen LogP contribution < -0.4 is 5.32 Å². The molecule has 0 saturated heterocycles. The number of benzene rings is 1. The zero-order chi connectivity index (χ0) is 20.0. The summed E-state index contributed by atoms with van der Waals surface area (Å²) in [6.07, 6.45) is 7.37. The second-order valence-electron chi connectivity index (χ2n) is 7.26. The molecule has 5 rings (SSSR count). The number of anilines is 1. The molecule has 3 heterocycles. The second-order valence-corrected chi connectivity index (χ2v) is 7.26. The van der Waals surface area contributed by atoms with E-state index in [1.54, 1.807) is 24.5 Å². The Balaban J connectivity index is 0.00000218. The molecule has 8 heteroatoms. The van der Waals surface area contributed by atoms with Crippen LogP contribution >= 0.6 is 12.4 Å². The van der Waals surface area contributed by atoms with E-state index in [9.17, 15) is 9.18 Å². The molecule has 30 heavy (non-hydrogen) atoms. The van der Waals surface area contributed by atoms with Crippen LogP contribution in [0.25, 0.3) is 16.8 Å². The lowest BCUT2D eigenvalue weighted by molar-refractivity contribution is 0.101. The summed E-state index contributed by atoms with van der Waals surface area (Å²) in [7, 11) is 0. The van der Waals surface area contributed by atoms with Crippen molar-refractivity contribution >= 4 is 29.6 Å². The first-order chi connectivity index (χ1) is 14.1. The van der Waals surface area contributed by atoms with Gasteiger partial charge in [-0.1, -0.05) is 12.1 Å². The van der Waals surface area contributed by atoms with E-state index in [0.717, 1.165) is 22.6 Å². The van der Waals surface area contributed by atoms with Crippen LogP contribution in [0.15, 0.2) is 55.0 Å². The van der Waals surface area contributed by atoms with Crippen LogP contribution in [0.4, 0.5) is 10.1 Å². The highest BCUT2D eigenvalue weighted by Gasteiger charge is 2.28. The number of nitrogens with zero attached hydrogens (tertiary/aromatic N) is 4. The van der Waals surface area contributed by atoms with Crippen molar-refractivity contribution in [1.82, 2.24) is 19.4 Å². The third-order valence-corrected chi connectivity index (χ3v) is 5.15. The number of imidazole rings is 1. The van der Waals surface area contributed by atoms with Crippen LogP contribution in [0.2, 0.25) is 0 Å². The van der Waals surface area contributed by atoms with E-state index in [-0.39, 0.29) is 24.0 Å². The van der Waals surface area contributed by atoms with Gasteiger partial charge in [0.15, 0.2) is 0 Å². The molecule has 0 aliphatic heterocycles. The van der Waals surface area contributed by atoms with Gasteiger partial charge in [-0.05, 0) is 49.6 Å². The number of aromatic nitrogens is 4. The minimum absolute atomic E-state index is 0. The van der Waals surface area contributed by atoms with Gasteiger partial charge >= 0.3 is 0 Å². The van der Waals surface area contributed by atoms with E-state index in [1.165, 1.54) is 25.0 Å². The van der Waals surface area contributed by atoms with E-state index in [0.29, 0.717) is 17.2 Å². The van der Waals surface area contributed by atoms with Gasteiger partial charge in [-0.15, -0.1) is 12.4 Å². The molecular formula is C22H19ClFN5O. The Labute approximate surface area is 178 Å². The SMILES string of the molecule is Cc1c(C2CC2)nc2ccc(NC(=O)c3ncc(-c4ccc(F)cc4)cn3)cn12.Cl. The number of carbonyl (C=O) groups excluding carboxylic acids is 1. The quantitative estimate of drug-likeness (QED) is 0.512. The summed E-state index contributed by atoms with van der Waals surface area (Å²) in [6.45, 7) is 2.05.